The number of amides is 2. The highest BCUT2D eigenvalue weighted by Crippen LogP contribution is 2.24. The number of nitrogens with zero attached hydrogens (tertiary/aromatic N) is 3. The number of hydrogen-bond donors (Lipinski definition) is 1. The molecule has 0 aromatic carbocycles. The van der Waals surface area contributed by atoms with E-state index in [1.54, 1.807) is 6.07 Å². The third kappa shape index (κ3) is 4.10. The van der Waals surface area contributed by atoms with Crippen molar-refractivity contribution in [3.63, 3.8) is 0 Å². The highest BCUT2D eigenvalue weighted by atomic mass is 16.5. The molecule has 3 heterocycles. The first-order valence-electron chi connectivity index (χ1n) is 8.34. The number of aromatic nitrogens is 2. The number of hydrogen-bond acceptors (Lipinski definition) is 4. The van der Waals surface area contributed by atoms with Crippen molar-refractivity contribution in [2.45, 2.75) is 51.2 Å². The molecule has 0 radical (unpaired) electrons. The standard InChI is InChI=1S/C16H24N4O3/c1-12(21)17-15-6-8-20(18-15)13-5-7-19(11-13)16(22)10-14-4-2-3-9-23-14/h6,8,13-14H,2-5,7,9-11H2,1H3,(H,17,18,21)/t13-,14-/m1/s1. The molecule has 2 amide bonds. The number of carbonyl (C=O) groups is 2. The van der Waals surface area contributed by atoms with Crippen LogP contribution in [-0.2, 0) is 14.3 Å². The third-order valence-corrected chi connectivity index (χ3v) is 4.48. The molecule has 1 aromatic rings. The monoisotopic (exact) mass is 320 g/mol. The minimum absolute atomic E-state index is 0.0892. The van der Waals surface area contributed by atoms with Crippen molar-refractivity contribution in [1.29, 1.82) is 0 Å². The van der Waals surface area contributed by atoms with E-state index in [0.29, 0.717) is 18.8 Å². The molecular formula is C16H24N4O3. The van der Waals surface area contributed by atoms with E-state index in [4.69, 9.17) is 4.74 Å². The average molecular weight is 320 g/mol. The van der Waals surface area contributed by atoms with Crippen LogP contribution >= 0.6 is 0 Å². The van der Waals surface area contributed by atoms with Gasteiger partial charge in [-0.2, -0.15) is 5.10 Å². The minimum atomic E-state index is -0.133. The van der Waals surface area contributed by atoms with E-state index in [1.807, 2.05) is 15.8 Å². The summed E-state index contributed by atoms with van der Waals surface area (Å²) < 4.78 is 7.50. The molecule has 0 spiro atoms. The van der Waals surface area contributed by atoms with Crippen LogP contribution in [0.3, 0.4) is 0 Å². The summed E-state index contributed by atoms with van der Waals surface area (Å²) >= 11 is 0. The summed E-state index contributed by atoms with van der Waals surface area (Å²) in [5.41, 5.74) is 0. The second kappa shape index (κ2) is 7.12. The number of carbonyl (C=O) groups excluding carboxylic acids is 2. The lowest BCUT2D eigenvalue weighted by Gasteiger charge is -2.24. The molecule has 1 N–H and O–H groups in total. The molecule has 3 rings (SSSR count). The summed E-state index contributed by atoms with van der Waals surface area (Å²) in [4.78, 5) is 25.4. The minimum Gasteiger partial charge on any atom is -0.378 e. The van der Waals surface area contributed by atoms with Crippen LogP contribution in [0.5, 0.6) is 0 Å². The van der Waals surface area contributed by atoms with Gasteiger partial charge in [-0.1, -0.05) is 0 Å². The van der Waals surface area contributed by atoms with Gasteiger partial charge in [0.1, 0.15) is 0 Å². The van der Waals surface area contributed by atoms with E-state index in [1.165, 1.54) is 6.92 Å². The average Bonchev–Trinajstić information content (AvgIpc) is 3.16. The predicted octanol–water partition coefficient (Wildman–Crippen LogP) is 1.57. The number of rotatable bonds is 4. The van der Waals surface area contributed by atoms with Gasteiger partial charge in [0.05, 0.1) is 18.6 Å². The molecule has 2 atom stereocenters. The maximum absolute atomic E-state index is 12.4. The number of ether oxygens (including phenoxy) is 1. The second-order valence-corrected chi connectivity index (χ2v) is 6.34. The molecular weight excluding hydrogens is 296 g/mol. The van der Waals surface area contributed by atoms with Crippen LogP contribution in [0.25, 0.3) is 0 Å². The van der Waals surface area contributed by atoms with Gasteiger partial charge in [-0.3, -0.25) is 14.3 Å². The zero-order valence-electron chi connectivity index (χ0n) is 13.5. The zero-order chi connectivity index (χ0) is 16.2. The molecule has 2 aliphatic heterocycles. The van der Waals surface area contributed by atoms with Gasteiger partial charge in [-0.15, -0.1) is 0 Å². The highest BCUT2D eigenvalue weighted by Gasteiger charge is 2.29. The molecule has 0 aliphatic carbocycles. The van der Waals surface area contributed by atoms with Gasteiger partial charge in [0.15, 0.2) is 5.82 Å². The smallest absolute Gasteiger partial charge is 0.225 e. The van der Waals surface area contributed by atoms with Crippen molar-refractivity contribution in [3.8, 4) is 0 Å². The van der Waals surface area contributed by atoms with Gasteiger partial charge in [-0.25, -0.2) is 0 Å². The maximum Gasteiger partial charge on any atom is 0.225 e. The van der Waals surface area contributed by atoms with E-state index in [9.17, 15) is 9.59 Å². The first-order valence-corrected chi connectivity index (χ1v) is 8.34. The molecule has 0 bridgehead atoms. The summed E-state index contributed by atoms with van der Waals surface area (Å²) in [6.07, 6.45) is 6.57. The van der Waals surface area contributed by atoms with Crippen LogP contribution in [-0.4, -0.2) is 52.3 Å². The van der Waals surface area contributed by atoms with Gasteiger partial charge < -0.3 is 15.0 Å². The van der Waals surface area contributed by atoms with E-state index in [0.717, 1.165) is 38.8 Å². The Morgan fingerprint density at radius 2 is 2.26 bits per heavy atom. The molecule has 2 aliphatic rings. The summed E-state index contributed by atoms with van der Waals surface area (Å²) in [6, 6.07) is 1.95. The normalized spacial score (nSPS) is 24.7. The Morgan fingerprint density at radius 1 is 1.39 bits per heavy atom. The third-order valence-electron chi connectivity index (χ3n) is 4.48. The Labute approximate surface area is 136 Å². The van der Waals surface area contributed by atoms with E-state index in [2.05, 4.69) is 10.4 Å². The van der Waals surface area contributed by atoms with E-state index < -0.39 is 0 Å². The highest BCUT2D eigenvalue weighted by molar-refractivity contribution is 5.87. The SMILES string of the molecule is CC(=O)Nc1ccn([C@@H]2CCN(C(=O)C[C@H]3CCCCO3)C2)n1. The van der Waals surface area contributed by atoms with Gasteiger partial charge in [0.2, 0.25) is 11.8 Å². The van der Waals surface area contributed by atoms with Crippen LogP contribution in [0, 0.1) is 0 Å². The van der Waals surface area contributed by atoms with E-state index in [-0.39, 0.29) is 24.0 Å². The summed E-state index contributed by atoms with van der Waals surface area (Å²) in [5, 5.41) is 7.03. The van der Waals surface area contributed by atoms with Crippen molar-refractivity contribution in [3.05, 3.63) is 12.3 Å². The Kier molecular flexibility index (Phi) is 4.95. The fourth-order valence-corrected chi connectivity index (χ4v) is 3.26. The lowest BCUT2D eigenvalue weighted by Crippen LogP contribution is -2.33. The van der Waals surface area contributed by atoms with Crippen LogP contribution in [0.15, 0.2) is 12.3 Å². The quantitative estimate of drug-likeness (QED) is 0.914. The fraction of sp³-hybridized carbons (Fsp3) is 0.688. The first-order chi connectivity index (χ1) is 11.1. The molecule has 0 saturated carbocycles. The summed E-state index contributed by atoms with van der Waals surface area (Å²) in [5.74, 6) is 0.595. The molecule has 1 aromatic heterocycles. The fourth-order valence-electron chi connectivity index (χ4n) is 3.26. The van der Waals surface area contributed by atoms with Gasteiger partial charge >= 0.3 is 0 Å². The Morgan fingerprint density at radius 3 is 3.00 bits per heavy atom. The largest absolute Gasteiger partial charge is 0.378 e. The molecule has 126 valence electrons. The summed E-state index contributed by atoms with van der Waals surface area (Å²) in [7, 11) is 0. The topological polar surface area (TPSA) is 76.5 Å². The Hall–Kier alpha value is -1.89. The van der Waals surface area contributed by atoms with Crippen molar-refractivity contribution in [1.82, 2.24) is 14.7 Å². The second-order valence-electron chi connectivity index (χ2n) is 6.34. The van der Waals surface area contributed by atoms with Crippen molar-refractivity contribution < 1.29 is 14.3 Å². The molecule has 7 nitrogen and oxygen atoms in total. The van der Waals surface area contributed by atoms with Crippen molar-refractivity contribution in [2.24, 2.45) is 0 Å². The Balaban J connectivity index is 1.52. The van der Waals surface area contributed by atoms with Crippen LogP contribution in [0.1, 0.15) is 45.1 Å². The van der Waals surface area contributed by atoms with Crippen molar-refractivity contribution >= 4 is 17.6 Å². The van der Waals surface area contributed by atoms with Gasteiger partial charge in [0, 0.05) is 38.9 Å². The summed E-state index contributed by atoms with van der Waals surface area (Å²) in [6.45, 7) is 3.67. The van der Waals surface area contributed by atoms with Crippen LogP contribution < -0.4 is 5.32 Å². The molecule has 23 heavy (non-hydrogen) atoms. The molecule has 0 unspecified atom stereocenters. The lowest BCUT2D eigenvalue weighted by atomic mass is 10.1. The number of anilines is 1. The predicted molar refractivity (Wildman–Crippen MR) is 85.0 cm³/mol. The number of nitrogens with one attached hydrogen (secondary N) is 1. The van der Waals surface area contributed by atoms with Gasteiger partial charge in [0.25, 0.3) is 0 Å². The van der Waals surface area contributed by atoms with Crippen LogP contribution in [0.2, 0.25) is 0 Å². The molecule has 2 fully saturated rings. The molecule has 7 heteroatoms. The first kappa shape index (κ1) is 16.0. The number of likely N-dealkylation sites (tertiary alicyclic amines) is 1. The van der Waals surface area contributed by atoms with E-state index >= 15 is 0 Å². The zero-order valence-corrected chi connectivity index (χ0v) is 13.5. The van der Waals surface area contributed by atoms with Crippen LogP contribution in [0.4, 0.5) is 5.82 Å². The lowest BCUT2D eigenvalue weighted by molar-refractivity contribution is -0.134. The molecule has 2 saturated heterocycles. The van der Waals surface area contributed by atoms with Gasteiger partial charge in [-0.05, 0) is 25.7 Å². The van der Waals surface area contributed by atoms with Crippen molar-refractivity contribution in [2.75, 3.05) is 25.0 Å². The Bertz CT molecular complexity index is 565. The maximum atomic E-state index is 12.4.